The third-order valence-electron chi connectivity index (χ3n) is 4.44. The number of hydrogen-bond acceptors (Lipinski definition) is 2. The van der Waals surface area contributed by atoms with Crippen LogP contribution in [0.3, 0.4) is 0 Å². The van der Waals surface area contributed by atoms with Gasteiger partial charge in [-0.3, -0.25) is 0 Å². The van der Waals surface area contributed by atoms with Crippen molar-refractivity contribution in [2.45, 2.75) is 58.7 Å². The van der Waals surface area contributed by atoms with E-state index in [9.17, 15) is 0 Å². The van der Waals surface area contributed by atoms with Gasteiger partial charge >= 0.3 is 0 Å². The maximum atomic E-state index is 6.44. The van der Waals surface area contributed by atoms with Gasteiger partial charge < -0.3 is 10.1 Å². The van der Waals surface area contributed by atoms with Gasteiger partial charge in [0.15, 0.2) is 0 Å². The summed E-state index contributed by atoms with van der Waals surface area (Å²) >= 11 is 3.56. The molecule has 0 bridgehead atoms. The van der Waals surface area contributed by atoms with Crippen molar-refractivity contribution in [3.63, 3.8) is 0 Å². The van der Waals surface area contributed by atoms with Crippen LogP contribution in [0.5, 0.6) is 0 Å². The van der Waals surface area contributed by atoms with Crippen LogP contribution in [0.4, 0.5) is 0 Å². The van der Waals surface area contributed by atoms with E-state index in [1.165, 1.54) is 31.2 Å². The molecule has 0 radical (unpaired) electrons. The van der Waals surface area contributed by atoms with E-state index in [0.29, 0.717) is 11.5 Å². The largest absolute Gasteiger partial charge is 0.369 e. The lowest BCUT2D eigenvalue weighted by Crippen LogP contribution is -2.31. The van der Waals surface area contributed by atoms with E-state index in [0.717, 1.165) is 17.6 Å². The second-order valence-electron chi connectivity index (χ2n) is 6.85. The second kappa shape index (κ2) is 7.75. The van der Waals surface area contributed by atoms with Crippen molar-refractivity contribution in [2.24, 2.45) is 5.41 Å². The molecule has 118 valence electrons. The molecule has 1 fully saturated rings. The fourth-order valence-corrected chi connectivity index (χ4v) is 3.38. The summed E-state index contributed by atoms with van der Waals surface area (Å²) in [4.78, 5) is 0. The average Bonchev–Trinajstić information content (AvgIpc) is 2.45. The summed E-state index contributed by atoms with van der Waals surface area (Å²) in [6, 6.07) is 8.50. The molecule has 0 aromatic heterocycles. The highest BCUT2D eigenvalue weighted by atomic mass is 79.9. The fourth-order valence-electron chi connectivity index (χ4n) is 2.97. The summed E-state index contributed by atoms with van der Waals surface area (Å²) in [7, 11) is 0. The number of halogens is 1. The predicted octanol–water partition coefficient (Wildman–Crippen LogP) is 5.09. The maximum absolute atomic E-state index is 6.44. The first kappa shape index (κ1) is 17.0. The van der Waals surface area contributed by atoms with Crippen LogP contribution >= 0.6 is 15.9 Å². The molecule has 0 aliphatic heterocycles. The van der Waals surface area contributed by atoms with Crippen molar-refractivity contribution in [1.29, 1.82) is 0 Å². The minimum Gasteiger partial charge on any atom is -0.369 e. The molecule has 0 amide bonds. The Morgan fingerprint density at radius 1 is 1.33 bits per heavy atom. The van der Waals surface area contributed by atoms with Crippen LogP contribution < -0.4 is 5.32 Å². The van der Waals surface area contributed by atoms with E-state index in [2.05, 4.69) is 66.3 Å². The van der Waals surface area contributed by atoms with E-state index in [4.69, 9.17) is 4.74 Å². The monoisotopic (exact) mass is 353 g/mol. The van der Waals surface area contributed by atoms with Crippen LogP contribution in [-0.4, -0.2) is 19.2 Å². The Morgan fingerprint density at radius 3 is 2.67 bits per heavy atom. The van der Waals surface area contributed by atoms with Crippen LogP contribution in [0.1, 0.15) is 58.1 Å². The van der Waals surface area contributed by atoms with Crippen molar-refractivity contribution >= 4 is 15.9 Å². The molecule has 1 aromatic rings. The van der Waals surface area contributed by atoms with Gasteiger partial charge in [0.1, 0.15) is 0 Å². The molecule has 0 heterocycles. The van der Waals surface area contributed by atoms with Crippen molar-refractivity contribution in [2.75, 3.05) is 13.1 Å². The SMILES string of the molecule is CCNCC(OC1CCC(C)(C)CC1)c1cccc(Br)c1. The van der Waals surface area contributed by atoms with Gasteiger partial charge in [-0.05, 0) is 55.3 Å². The van der Waals surface area contributed by atoms with E-state index in [1.54, 1.807) is 0 Å². The highest BCUT2D eigenvalue weighted by molar-refractivity contribution is 9.10. The van der Waals surface area contributed by atoms with Crippen molar-refractivity contribution < 1.29 is 4.74 Å². The Morgan fingerprint density at radius 2 is 2.05 bits per heavy atom. The topological polar surface area (TPSA) is 21.3 Å². The maximum Gasteiger partial charge on any atom is 0.0953 e. The first-order chi connectivity index (χ1) is 10.00. The zero-order valence-electron chi connectivity index (χ0n) is 13.5. The molecule has 1 aliphatic carbocycles. The number of nitrogens with one attached hydrogen (secondary N) is 1. The molecule has 1 aliphatic rings. The standard InChI is InChI=1S/C18H28BrNO/c1-4-20-13-17(14-6-5-7-15(19)12-14)21-16-8-10-18(2,3)11-9-16/h5-7,12,16-17,20H,4,8-11,13H2,1-3H3. The Balaban J connectivity index is 2.00. The molecule has 2 nitrogen and oxygen atoms in total. The lowest BCUT2D eigenvalue weighted by molar-refractivity contribution is -0.0459. The molecule has 1 aromatic carbocycles. The molecule has 0 spiro atoms. The zero-order valence-corrected chi connectivity index (χ0v) is 15.1. The van der Waals surface area contributed by atoms with E-state index in [-0.39, 0.29) is 6.10 Å². The molecule has 3 heteroatoms. The van der Waals surface area contributed by atoms with Gasteiger partial charge in [-0.25, -0.2) is 0 Å². The first-order valence-electron chi connectivity index (χ1n) is 8.12. The van der Waals surface area contributed by atoms with Gasteiger partial charge in [-0.15, -0.1) is 0 Å². The predicted molar refractivity (Wildman–Crippen MR) is 92.5 cm³/mol. The molecule has 1 atom stereocenters. The summed E-state index contributed by atoms with van der Waals surface area (Å²) in [5, 5.41) is 3.43. The normalized spacial score (nSPS) is 20.4. The van der Waals surface area contributed by atoms with Gasteiger partial charge in [0.05, 0.1) is 12.2 Å². The second-order valence-corrected chi connectivity index (χ2v) is 7.77. The van der Waals surface area contributed by atoms with Gasteiger partial charge in [0, 0.05) is 11.0 Å². The lowest BCUT2D eigenvalue weighted by atomic mass is 9.76. The number of benzene rings is 1. The molecule has 0 saturated heterocycles. The van der Waals surface area contributed by atoms with Gasteiger partial charge in [0.25, 0.3) is 0 Å². The lowest BCUT2D eigenvalue weighted by Gasteiger charge is -2.36. The Labute approximate surface area is 137 Å². The molecular weight excluding hydrogens is 326 g/mol. The highest BCUT2D eigenvalue weighted by Gasteiger charge is 2.29. The minimum absolute atomic E-state index is 0.147. The number of rotatable bonds is 6. The molecule has 2 rings (SSSR count). The average molecular weight is 354 g/mol. The van der Waals surface area contributed by atoms with E-state index < -0.39 is 0 Å². The minimum atomic E-state index is 0.147. The van der Waals surface area contributed by atoms with Crippen molar-refractivity contribution in [1.82, 2.24) is 5.32 Å². The van der Waals surface area contributed by atoms with Crippen LogP contribution in [0, 0.1) is 5.41 Å². The zero-order chi connectivity index (χ0) is 15.3. The Bertz CT molecular complexity index is 437. The molecule has 1 N–H and O–H groups in total. The molecule has 1 unspecified atom stereocenters. The first-order valence-corrected chi connectivity index (χ1v) is 8.91. The van der Waals surface area contributed by atoms with Gasteiger partial charge in [-0.2, -0.15) is 0 Å². The third-order valence-corrected chi connectivity index (χ3v) is 4.94. The van der Waals surface area contributed by atoms with Crippen LogP contribution in [0.15, 0.2) is 28.7 Å². The summed E-state index contributed by atoms with van der Waals surface area (Å²) < 4.78 is 7.56. The van der Waals surface area contributed by atoms with Crippen molar-refractivity contribution in [3.8, 4) is 0 Å². The van der Waals surface area contributed by atoms with Crippen LogP contribution in [-0.2, 0) is 4.74 Å². The Kier molecular flexibility index (Phi) is 6.27. The summed E-state index contributed by atoms with van der Waals surface area (Å²) in [5.41, 5.74) is 1.75. The summed E-state index contributed by atoms with van der Waals surface area (Å²) in [5.74, 6) is 0. The number of likely N-dealkylation sites (N-methyl/N-ethyl adjacent to an activating group) is 1. The van der Waals surface area contributed by atoms with E-state index >= 15 is 0 Å². The quantitative estimate of drug-likeness (QED) is 0.769. The van der Waals surface area contributed by atoms with Gasteiger partial charge in [-0.1, -0.05) is 48.8 Å². The van der Waals surface area contributed by atoms with Gasteiger partial charge in [0.2, 0.25) is 0 Å². The number of ether oxygens (including phenoxy) is 1. The third kappa shape index (κ3) is 5.39. The van der Waals surface area contributed by atoms with Crippen LogP contribution in [0.25, 0.3) is 0 Å². The smallest absolute Gasteiger partial charge is 0.0953 e. The Hall–Kier alpha value is -0.380. The van der Waals surface area contributed by atoms with E-state index in [1.807, 2.05) is 0 Å². The summed E-state index contributed by atoms with van der Waals surface area (Å²) in [6.45, 7) is 8.74. The summed E-state index contributed by atoms with van der Waals surface area (Å²) in [6.07, 6.45) is 5.45. The number of hydrogen-bond donors (Lipinski definition) is 1. The highest BCUT2D eigenvalue weighted by Crippen LogP contribution is 2.37. The fraction of sp³-hybridized carbons (Fsp3) is 0.667. The molecule has 21 heavy (non-hydrogen) atoms. The van der Waals surface area contributed by atoms with Crippen molar-refractivity contribution in [3.05, 3.63) is 34.3 Å². The van der Waals surface area contributed by atoms with Crippen LogP contribution in [0.2, 0.25) is 0 Å². The molecular formula is C18H28BrNO. The molecule has 1 saturated carbocycles.